The van der Waals surface area contributed by atoms with E-state index < -0.39 is 37.7 Å². The van der Waals surface area contributed by atoms with Crippen LogP contribution < -0.4 is 9.64 Å². The summed E-state index contributed by atoms with van der Waals surface area (Å²) in [5.74, 6) is 0.379. The van der Waals surface area contributed by atoms with E-state index in [4.69, 9.17) is 4.74 Å². The van der Waals surface area contributed by atoms with Crippen molar-refractivity contribution in [2.75, 3.05) is 4.90 Å². The van der Waals surface area contributed by atoms with Crippen LogP contribution in [0.3, 0.4) is 0 Å². The second kappa shape index (κ2) is 8.33. The Labute approximate surface area is 203 Å². The molecule has 0 bridgehead atoms. The van der Waals surface area contributed by atoms with E-state index in [2.05, 4.69) is 4.98 Å². The molecule has 1 spiro atoms. The van der Waals surface area contributed by atoms with Crippen LogP contribution in [-0.4, -0.2) is 41.3 Å². The van der Waals surface area contributed by atoms with Gasteiger partial charge in [-0.05, 0) is 60.9 Å². The highest BCUT2D eigenvalue weighted by molar-refractivity contribution is 7.92. The smallest absolute Gasteiger partial charge is 0.439 e. The molecule has 0 radical (unpaired) electrons. The van der Waals surface area contributed by atoms with Crippen LogP contribution in [0.2, 0.25) is 0 Å². The van der Waals surface area contributed by atoms with Crippen LogP contribution in [0.4, 0.5) is 23.7 Å². The maximum absolute atomic E-state index is 13.3. The van der Waals surface area contributed by atoms with Crippen molar-refractivity contribution in [1.29, 1.82) is 0 Å². The number of pyridine rings is 1. The third-order valence-electron chi connectivity index (χ3n) is 6.08. The number of carbonyl (C=O) groups excluding carboxylic acids is 2. The number of amides is 3. The number of urea groups is 1. The lowest BCUT2D eigenvalue weighted by Crippen LogP contribution is -2.36. The first kappa shape index (κ1) is 23.8. The maximum atomic E-state index is 13.3. The van der Waals surface area contributed by atoms with Gasteiger partial charge in [0.1, 0.15) is 11.3 Å². The van der Waals surface area contributed by atoms with Crippen LogP contribution in [0.1, 0.15) is 18.4 Å². The fraction of sp³-hybridized carbons (Fsp3) is 0.208. The minimum Gasteiger partial charge on any atom is -0.439 e. The van der Waals surface area contributed by atoms with Gasteiger partial charge in [-0.3, -0.25) is 4.79 Å². The number of benzene rings is 2. The lowest BCUT2D eigenvalue weighted by atomic mass is 10.2. The molecule has 12 heteroatoms. The summed E-state index contributed by atoms with van der Waals surface area (Å²) in [6.45, 7) is 0.0787. The van der Waals surface area contributed by atoms with E-state index in [0.717, 1.165) is 29.2 Å². The van der Waals surface area contributed by atoms with E-state index in [1.165, 1.54) is 11.1 Å². The van der Waals surface area contributed by atoms with Gasteiger partial charge in [0.2, 0.25) is 5.88 Å². The van der Waals surface area contributed by atoms with Crippen molar-refractivity contribution < 1.29 is 35.9 Å². The number of ether oxygens (including phenoxy) is 1. The zero-order chi connectivity index (χ0) is 25.7. The van der Waals surface area contributed by atoms with E-state index >= 15 is 0 Å². The summed E-state index contributed by atoms with van der Waals surface area (Å²) in [6.07, 6.45) is 2.40. The lowest BCUT2D eigenvalue weighted by molar-refractivity contribution is -0.120. The molecular formula is C24H18F3N3O5S. The summed E-state index contributed by atoms with van der Waals surface area (Å²) >= 11 is 0. The second-order valence-corrected chi connectivity index (χ2v) is 10.3. The van der Waals surface area contributed by atoms with Crippen LogP contribution >= 0.6 is 0 Å². The lowest BCUT2D eigenvalue weighted by Gasteiger charge is -2.21. The average molecular weight is 517 g/mol. The Morgan fingerprint density at radius 2 is 1.64 bits per heavy atom. The number of imide groups is 1. The largest absolute Gasteiger partial charge is 0.501 e. The third kappa shape index (κ3) is 3.96. The SMILES string of the molecule is O=C1N(c2ccc(S(=O)(=O)C(F)(F)F)cc2)C(=O)C2(CC2)N1Cc1ccnc(Oc2ccccc2)c1. The molecule has 2 heterocycles. The summed E-state index contributed by atoms with van der Waals surface area (Å²) in [5, 5.41) is 0. The van der Waals surface area contributed by atoms with Gasteiger partial charge in [0, 0.05) is 18.8 Å². The Hall–Kier alpha value is -3.93. The Morgan fingerprint density at radius 1 is 0.972 bits per heavy atom. The van der Waals surface area contributed by atoms with Crippen LogP contribution in [0, 0.1) is 0 Å². The Balaban J connectivity index is 1.38. The summed E-state index contributed by atoms with van der Waals surface area (Å²) in [6, 6.07) is 15.2. The van der Waals surface area contributed by atoms with Crippen molar-refractivity contribution in [3.63, 3.8) is 0 Å². The molecule has 5 rings (SSSR count). The first-order chi connectivity index (χ1) is 17.0. The number of nitrogens with zero attached hydrogens (tertiary/aromatic N) is 3. The van der Waals surface area contributed by atoms with E-state index in [1.807, 2.05) is 18.2 Å². The average Bonchev–Trinajstić information content (AvgIpc) is 3.62. The monoisotopic (exact) mass is 517 g/mol. The molecular weight excluding hydrogens is 499 g/mol. The van der Waals surface area contributed by atoms with Crippen LogP contribution in [-0.2, 0) is 21.2 Å². The van der Waals surface area contributed by atoms with Gasteiger partial charge in [-0.15, -0.1) is 0 Å². The minimum atomic E-state index is -5.55. The fourth-order valence-electron chi connectivity index (χ4n) is 4.07. The number of hydrogen-bond donors (Lipinski definition) is 0. The van der Waals surface area contributed by atoms with E-state index in [9.17, 15) is 31.2 Å². The number of carbonyl (C=O) groups is 2. The zero-order valence-electron chi connectivity index (χ0n) is 18.5. The molecule has 186 valence electrons. The number of alkyl halides is 3. The molecule has 8 nitrogen and oxygen atoms in total. The van der Waals surface area contributed by atoms with Crippen molar-refractivity contribution in [2.24, 2.45) is 0 Å². The quantitative estimate of drug-likeness (QED) is 0.441. The van der Waals surface area contributed by atoms with Crippen molar-refractivity contribution in [3.8, 4) is 11.6 Å². The van der Waals surface area contributed by atoms with E-state index in [-0.39, 0.29) is 12.2 Å². The van der Waals surface area contributed by atoms with Gasteiger partial charge in [0.15, 0.2) is 0 Å². The number of para-hydroxylation sites is 1. The van der Waals surface area contributed by atoms with Gasteiger partial charge < -0.3 is 9.64 Å². The second-order valence-electron chi connectivity index (χ2n) is 8.40. The molecule has 2 aromatic carbocycles. The molecule has 1 saturated carbocycles. The van der Waals surface area contributed by atoms with Crippen molar-refractivity contribution in [2.45, 2.75) is 35.3 Å². The molecule has 0 unspecified atom stereocenters. The minimum absolute atomic E-state index is 0.0114. The molecule has 2 aliphatic rings. The first-order valence-electron chi connectivity index (χ1n) is 10.8. The van der Waals surface area contributed by atoms with Crippen molar-refractivity contribution >= 4 is 27.5 Å². The van der Waals surface area contributed by atoms with Crippen LogP contribution in [0.5, 0.6) is 11.6 Å². The Kier molecular flexibility index (Phi) is 5.51. The van der Waals surface area contributed by atoms with Gasteiger partial charge >= 0.3 is 11.5 Å². The van der Waals surface area contributed by atoms with Gasteiger partial charge in [-0.1, -0.05) is 18.2 Å². The van der Waals surface area contributed by atoms with Gasteiger partial charge in [0.05, 0.1) is 10.6 Å². The van der Waals surface area contributed by atoms with Gasteiger partial charge in [-0.25, -0.2) is 23.1 Å². The number of rotatable bonds is 6. The number of hydrogen-bond acceptors (Lipinski definition) is 6. The van der Waals surface area contributed by atoms with Crippen molar-refractivity contribution in [1.82, 2.24) is 9.88 Å². The summed E-state index contributed by atoms with van der Waals surface area (Å²) < 4.78 is 67.5. The first-order valence-corrected chi connectivity index (χ1v) is 12.3. The topological polar surface area (TPSA) is 96.9 Å². The zero-order valence-corrected chi connectivity index (χ0v) is 19.3. The number of aromatic nitrogens is 1. The standard InChI is InChI=1S/C24H18F3N3O5S/c25-24(26,27)36(33,34)19-8-6-17(7-9-19)30-21(31)23(11-12-23)29(22(30)32)15-16-10-13-28-20(14-16)35-18-4-2-1-3-5-18/h1-10,13-14H,11-12,15H2. The molecule has 1 saturated heterocycles. The van der Waals surface area contributed by atoms with Crippen molar-refractivity contribution in [3.05, 3.63) is 78.5 Å². The fourth-order valence-corrected chi connectivity index (χ4v) is 4.83. The molecule has 1 aromatic heterocycles. The molecule has 1 aliphatic heterocycles. The summed E-state index contributed by atoms with van der Waals surface area (Å²) in [7, 11) is -5.55. The molecule has 36 heavy (non-hydrogen) atoms. The molecule has 0 atom stereocenters. The molecule has 0 N–H and O–H groups in total. The summed E-state index contributed by atoms with van der Waals surface area (Å²) in [5.41, 5.74) is -5.85. The number of sulfone groups is 1. The van der Waals surface area contributed by atoms with Gasteiger partial charge in [-0.2, -0.15) is 13.2 Å². The number of halogens is 3. The van der Waals surface area contributed by atoms with Crippen LogP contribution in [0.15, 0.2) is 77.8 Å². The maximum Gasteiger partial charge on any atom is 0.501 e. The molecule has 3 aromatic rings. The van der Waals surface area contributed by atoms with E-state index in [1.54, 1.807) is 24.3 Å². The Morgan fingerprint density at radius 3 is 2.25 bits per heavy atom. The highest BCUT2D eigenvalue weighted by Gasteiger charge is 2.65. The highest BCUT2D eigenvalue weighted by Crippen LogP contribution is 2.50. The number of anilines is 1. The molecule has 2 fully saturated rings. The predicted octanol–water partition coefficient (Wildman–Crippen LogP) is 4.67. The third-order valence-corrected chi connectivity index (χ3v) is 7.58. The van der Waals surface area contributed by atoms with Gasteiger partial charge in [0.25, 0.3) is 15.7 Å². The Bertz CT molecular complexity index is 1440. The normalized spacial score (nSPS) is 17.1. The van der Waals surface area contributed by atoms with E-state index in [0.29, 0.717) is 30.0 Å². The molecule has 3 amide bonds. The molecule has 1 aliphatic carbocycles. The highest BCUT2D eigenvalue weighted by atomic mass is 32.2. The predicted molar refractivity (Wildman–Crippen MR) is 121 cm³/mol. The summed E-state index contributed by atoms with van der Waals surface area (Å²) in [4.78, 5) is 31.9. The van der Waals surface area contributed by atoms with Crippen LogP contribution in [0.25, 0.3) is 0 Å².